The van der Waals surface area contributed by atoms with E-state index in [4.69, 9.17) is 10.5 Å². The first-order valence-corrected chi connectivity index (χ1v) is 5.96. The van der Waals surface area contributed by atoms with Gasteiger partial charge in [-0.25, -0.2) is 0 Å². The van der Waals surface area contributed by atoms with Crippen molar-refractivity contribution in [2.24, 2.45) is 5.73 Å². The van der Waals surface area contributed by atoms with Crippen LogP contribution < -0.4 is 10.6 Å². The molecule has 88 valence electrons. The molecule has 1 aromatic heterocycles. The molecule has 3 rings (SSSR count). The number of rotatable bonds is 2. The molecule has 3 N–H and O–H groups in total. The highest BCUT2D eigenvalue weighted by molar-refractivity contribution is 5.41. The third-order valence-corrected chi connectivity index (χ3v) is 3.50. The molecule has 5 nitrogen and oxygen atoms in total. The van der Waals surface area contributed by atoms with Gasteiger partial charge in [0.15, 0.2) is 5.82 Å². The molecule has 2 saturated heterocycles. The number of nitrogens with two attached hydrogens (primary N) is 1. The number of anilines is 1. The average molecular weight is 222 g/mol. The predicted molar refractivity (Wildman–Crippen MR) is 61.6 cm³/mol. The SMILES string of the molecule is NC1CCN(c2cc(C3CCOC3)[nH]n2)C1. The van der Waals surface area contributed by atoms with E-state index in [1.165, 1.54) is 5.69 Å². The summed E-state index contributed by atoms with van der Waals surface area (Å²) in [6.07, 6.45) is 2.16. The standard InChI is InChI=1S/C11H18N4O/c12-9-1-3-15(6-9)11-5-10(13-14-11)8-2-4-16-7-8/h5,8-9H,1-4,6-7,12H2,(H,13,14). The Morgan fingerprint density at radius 3 is 3.12 bits per heavy atom. The highest BCUT2D eigenvalue weighted by Gasteiger charge is 2.24. The van der Waals surface area contributed by atoms with Crippen molar-refractivity contribution in [2.75, 3.05) is 31.2 Å². The lowest BCUT2D eigenvalue weighted by Gasteiger charge is -2.13. The molecule has 0 spiro atoms. The Hall–Kier alpha value is -1.07. The number of hydrogen-bond acceptors (Lipinski definition) is 4. The second-order valence-corrected chi connectivity index (χ2v) is 4.74. The number of ether oxygens (including phenoxy) is 1. The zero-order valence-electron chi connectivity index (χ0n) is 9.35. The summed E-state index contributed by atoms with van der Waals surface area (Å²) in [6, 6.07) is 2.45. The fraction of sp³-hybridized carbons (Fsp3) is 0.727. The highest BCUT2D eigenvalue weighted by Crippen LogP contribution is 2.27. The smallest absolute Gasteiger partial charge is 0.150 e. The number of aromatic amines is 1. The second-order valence-electron chi connectivity index (χ2n) is 4.74. The van der Waals surface area contributed by atoms with Crippen molar-refractivity contribution >= 4 is 5.82 Å². The predicted octanol–water partition coefficient (Wildman–Crippen LogP) is 0.451. The maximum atomic E-state index is 5.89. The van der Waals surface area contributed by atoms with Crippen LogP contribution >= 0.6 is 0 Å². The summed E-state index contributed by atoms with van der Waals surface area (Å²) < 4.78 is 5.38. The summed E-state index contributed by atoms with van der Waals surface area (Å²) in [7, 11) is 0. The molecule has 3 heterocycles. The van der Waals surface area contributed by atoms with E-state index in [2.05, 4.69) is 21.2 Å². The van der Waals surface area contributed by atoms with Gasteiger partial charge in [0.2, 0.25) is 0 Å². The summed E-state index contributed by atoms with van der Waals surface area (Å²) in [5.41, 5.74) is 7.09. The summed E-state index contributed by atoms with van der Waals surface area (Å²) in [5.74, 6) is 1.53. The first-order valence-electron chi connectivity index (χ1n) is 5.96. The maximum Gasteiger partial charge on any atom is 0.150 e. The summed E-state index contributed by atoms with van der Waals surface area (Å²) in [4.78, 5) is 2.25. The first-order chi connectivity index (χ1) is 7.83. The van der Waals surface area contributed by atoms with Crippen molar-refractivity contribution in [3.63, 3.8) is 0 Å². The van der Waals surface area contributed by atoms with Gasteiger partial charge in [-0.05, 0) is 12.8 Å². The van der Waals surface area contributed by atoms with Crippen molar-refractivity contribution in [1.82, 2.24) is 10.2 Å². The minimum atomic E-state index is 0.301. The lowest BCUT2D eigenvalue weighted by molar-refractivity contribution is 0.193. The quantitative estimate of drug-likeness (QED) is 0.762. The normalized spacial score (nSPS) is 30.2. The fourth-order valence-corrected chi connectivity index (χ4v) is 2.47. The van der Waals surface area contributed by atoms with Gasteiger partial charge < -0.3 is 15.4 Å². The molecule has 2 fully saturated rings. The van der Waals surface area contributed by atoms with Gasteiger partial charge in [-0.2, -0.15) is 5.10 Å². The number of nitrogens with one attached hydrogen (secondary N) is 1. The third-order valence-electron chi connectivity index (χ3n) is 3.50. The van der Waals surface area contributed by atoms with Crippen molar-refractivity contribution in [3.8, 4) is 0 Å². The maximum absolute atomic E-state index is 5.89. The number of aromatic nitrogens is 2. The van der Waals surface area contributed by atoms with Crippen LogP contribution in [0, 0.1) is 0 Å². The van der Waals surface area contributed by atoms with Crippen LogP contribution in [-0.2, 0) is 4.74 Å². The van der Waals surface area contributed by atoms with Gasteiger partial charge in [0.05, 0.1) is 6.61 Å². The molecule has 0 amide bonds. The van der Waals surface area contributed by atoms with Crippen LogP contribution in [0.3, 0.4) is 0 Å². The number of H-pyrrole nitrogens is 1. The van der Waals surface area contributed by atoms with Gasteiger partial charge in [-0.3, -0.25) is 5.10 Å². The summed E-state index contributed by atoms with van der Waals surface area (Å²) in [6.45, 7) is 3.63. The van der Waals surface area contributed by atoms with E-state index in [1.807, 2.05) is 0 Å². The Bertz CT molecular complexity index is 359. The van der Waals surface area contributed by atoms with E-state index < -0.39 is 0 Å². The van der Waals surface area contributed by atoms with Crippen LogP contribution in [0.4, 0.5) is 5.82 Å². The summed E-state index contributed by atoms with van der Waals surface area (Å²) in [5, 5.41) is 7.49. The van der Waals surface area contributed by atoms with Gasteiger partial charge in [-0.1, -0.05) is 0 Å². The largest absolute Gasteiger partial charge is 0.381 e. The van der Waals surface area contributed by atoms with Gasteiger partial charge in [0, 0.05) is 43.4 Å². The van der Waals surface area contributed by atoms with Crippen molar-refractivity contribution in [1.29, 1.82) is 0 Å². The topological polar surface area (TPSA) is 67.2 Å². The Labute approximate surface area is 94.9 Å². The number of hydrogen-bond donors (Lipinski definition) is 2. The fourth-order valence-electron chi connectivity index (χ4n) is 2.47. The molecule has 16 heavy (non-hydrogen) atoms. The molecule has 2 unspecified atom stereocenters. The van der Waals surface area contributed by atoms with Crippen LogP contribution in [0.15, 0.2) is 6.07 Å². The van der Waals surface area contributed by atoms with Crippen LogP contribution in [-0.4, -0.2) is 42.5 Å². The molecule has 0 aromatic carbocycles. The number of nitrogens with zero attached hydrogens (tertiary/aromatic N) is 2. The Balaban J connectivity index is 1.72. The van der Waals surface area contributed by atoms with Crippen molar-refractivity contribution < 1.29 is 4.74 Å². The van der Waals surface area contributed by atoms with Crippen molar-refractivity contribution in [2.45, 2.75) is 24.8 Å². The average Bonchev–Trinajstić information content (AvgIpc) is 2.97. The molecule has 2 aliphatic rings. The lowest BCUT2D eigenvalue weighted by atomic mass is 10.1. The van der Waals surface area contributed by atoms with Gasteiger partial charge in [0.25, 0.3) is 0 Å². The van der Waals surface area contributed by atoms with E-state index in [0.717, 1.165) is 45.0 Å². The first kappa shape index (κ1) is 10.1. The molecular weight excluding hydrogens is 204 g/mol. The Morgan fingerprint density at radius 2 is 2.44 bits per heavy atom. The van der Waals surface area contributed by atoms with E-state index in [1.54, 1.807) is 0 Å². The Morgan fingerprint density at radius 1 is 1.50 bits per heavy atom. The molecule has 5 heteroatoms. The van der Waals surface area contributed by atoms with Crippen LogP contribution in [0.1, 0.15) is 24.5 Å². The molecule has 0 aliphatic carbocycles. The second kappa shape index (κ2) is 4.07. The van der Waals surface area contributed by atoms with Gasteiger partial charge in [-0.15, -0.1) is 0 Å². The van der Waals surface area contributed by atoms with E-state index in [-0.39, 0.29) is 0 Å². The zero-order chi connectivity index (χ0) is 11.0. The lowest BCUT2D eigenvalue weighted by Crippen LogP contribution is -2.26. The minimum absolute atomic E-state index is 0.301. The van der Waals surface area contributed by atoms with E-state index in [0.29, 0.717) is 12.0 Å². The van der Waals surface area contributed by atoms with Gasteiger partial charge in [0.1, 0.15) is 0 Å². The monoisotopic (exact) mass is 222 g/mol. The molecular formula is C11H18N4O. The minimum Gasteiger partial charge on any atom is -0.381 e. The van der Waals surface area contributed by atoms with Crippen LogP contribution in [0.5, 0.6) is 0 Å². The summed E-state index contributed by atoms with van der Waals surface area (Å²) >= 11 is 0. The highest BCUT2D eigenvalue weighted by atomic mass is 16.5. The molecule has 2 atom stereocenters. The molecule has 0 radical (unpaired) electrons. The van der Waals surface area contributed by atoms with Crippen molar-refractivity contribution in [3.05, 3.63) is 11.8 Å². The van der Waals surface area contributed by atoms with E-state index in [9.17, 15) is 0 Å². The molecule has 1 aromatic rings. The van der Waals surface area contributed by atoms with Gasteiger partial charge >= 0.3 is 0 Å². The van der Waals surface area contributed by atoms with E-state index >= 15 is 0 Å². The zero-order valence-corrected chi connectivity index (χ0v) is 9.35. The molecule has 2 aliphatic heterocycles. The third kappa shape index (κ3) is 1.81. The van der Waals surface area contributed by atoms with Crippen LogP contribution in [0.25, 0.3) is 0 Å². The Kier molecular flexibility index (Phi) is 2.57. The molecule has 0 bridgehead atoms. The molecule has 0 saturated carbocycles. The van der Waals surface area contributed by atoms with Crippen LogP contribution in [0.2, 0.25) is 0 Å².